The molecule has 0 bridgehead atoms. The van der Waals surface area contributed by atoms with Gasteiger partial charge in [-0.15, -0.1) is 11.3 Å². The fraction of sp³-hybridized carbons (Fsp3) is 0.611. The largest absolute Gasteiger partial charge is 0.383 e. The number of nitrogen functional groups attached to an aromatic ring is 1. The van der Waals surface area contributed by atoms with Crippen molar-refractivity contribution >= 4 is 45.0 Å². The van der Waals surface area contributed by atoms with E-state index in [2.05, 4.69) is 23.8 Å². The molecule has 1 amide bonds. The van der Waals surface area contributed by atoms with Crippen molar-refractivity contribution in [1.29, 1.82) is 0 Å². The maximum atomic E-state index is 12.2. The number of nitrogens with zero attached hydrogens (tertiary/aromatic N) is 3. The SMILES string of the molecule is CCN(CC)C(=O)CSc1nc(N)c2c3c(sc2n1)CO[C@@](C)(CC)C3. The lowest BCUT2D eigenvalue weighted by Gasteiger charge is -2.33. The first kappa shape index (κ1) is 19.4. The summed E-state index contributed by atoms with van der Waals surface area (Å²) in [6.07, 6.45) is 1.78. The lowest BCUT2D eigenvalue weighted by atomic mass is 9.90. The molecule has 1 atom stereocenters. The second-order valence-corrected chi connectivity index (χ2v) is 8.73. The van der Waals surface area contributed by atoms with Crippen molar-refractivity contribution in [1.82, 2.24) is 14.9 Å². The second-order valence-electron chi connectivity index (χ2n) is 6.70. The van der Waals surface area contributed by atoms with E-state index < -0.39 is 0 Å². The molecule has 26 heavy (non-hydrogen) atoms. The highest BCUT2D eigenvalue weighted by molar-refractivity contribution is 7.99. The quantitative estimate of drug-likeness (QED) is 0.597. The molecular weight excluding hydrogens is 368 g/mol. The molecule has 3 heterocycles. The summed E-state index contributed by atoms with van der Waals surface area (Å²) in [4.78, 5) is 25.2. The van der Waals surface area contributed by atoms with Crippen LogP contribution in [0.4, 0.5) is 5.82 Å². The molecule has 3 rings (SSSR count). The van der Waals surface area contributed by atoms with E-state index in [0.717, 1.165) is 23.1 Å². The smallest absolute Gasteiger partial charge is 0.233 e. The molecule has 0 radical (unpaired) electrons. The molecule has 0 aliphatic carbocycles. The van der Waals surface area contributed by atoms with Gasteiger partial charge in [-0.05, 0) is 32.8 Å². The number of nitrogens with two attached hydrogens (primary N) is 1. The maximum absolute atomic E-state index is 12.2. The van der Waals surface area contributed by atoms with E-state index in [1.165, 1.54) is 22.2 Å². The van der Waals surface area contributed by atoms with E-state index in [-0.39, 0.29) is 11.5 Å². The number of rotatable bonds is 6. The summed E-state index contributed by atoms with van der Waals surface area (Å²) in [5.41, 5.74) is 7.35. The highest BCUT2D eigenvalue weighted by Gasteiger charge is 2.33. The summed E-state index contributed by atoms with van der Waals surface area (Å²) in [5, 5.41) is 1.53. The van der Waals surface area contributed by atoms with Gasteiger partial charge in [-0.2, -0.15) is 0 Å². The van der Waals surface area contributed by atoms with Crippen molar-refractivity contribution in [3.8, 4) is 0 Å². The number of thioether (sulfide) groups is 1. The molecule has 142 valence electrons. The van der Waals surface area contributed by atoms with Crippen molar-refractivity contribution in [2.45, 2.75) is 57.9 Å². The average molecular weight is 395 g/mol. The molecular formula is C18H26N4O2S2. The molecule has 0 aromatic carbocycles. The number of hydrogen-bond acceptors (Lipinski definition) is 7. The number of hydrogen-bond donors (Lipinski definition) is 1. The Hall–Kier alpha value is -1.38. The van der Waals surface area contributed by atoms with Crippen LogP contribution >= 0.6 is 23.1 Å². The first-order chi connectivity index (χ1) is 12.4. The van der Waals surface area contributed by atoms with Crippen LogP contribution in [0.15, 0.2) is 5.16 Å². The normalized spacial score (nSPS) is 19.5. The average Bonchev–Trinajstić information content (AvgIpc) is 2.98. The Bertz CT molecular complexity index is 819. The number of amides is 1. The summed E-state index contributed by atoms with van der Waals surface area (Å²) in [6, 6.07) is 0. The van der Waals surface area contributed by atoms with Crippen LogP contribution in [0.1, 0.15) is 44.6 Å². The van der Waals surface area contributed by atoms with Crippen LogP contribution in [0.2, 0.25) is 0 Å². The fourth-order valence-corrected chi connectivity index (χ4v) is 5.09. The standard InChI is InChI=1S/C18H26N4O2S2/c1-5-18(4)8-11-12(9-24-18)26-16-14(11)15(19)20-17(21-16)25-10-13(23)22(6-2)7-3/h5-10H2,1-4H3,(H2,19,20,21)/t18-/m0/s1. The number of carbonyl (C=O) groups excluding carboxylic acids is 1. The molecule has 0 fully saturated rings. The molecule has 0 unspecified atom stereocenters. The number of thiophene rings is 1. The Morgan fingerprint density at radius 3 is 2.73 bits per heavy atom. The van der Waals surface area contributed by atoms with Crippen molar-refractivity contribution in [2.75, 3.05) is 24.6 Å². The molecule has 6 nitrogen and oxygen atoms in total. The van der Waals surface area contributed by atoms with Gasteiger partial charge in [-0.3, -0.25) is 4.79 Å². The van der Waals surface area contributed by atoms with Crippen molar-refractivity contribution in [2.24, 2.45) is 0 Å². The molecule has 1 aliphatic rings. The molecule has 0 saturated heterocycles. The van der Waals surface area contributed by atoms with Gasteiger partial charge in [0.2, 0.25) is 5.91 Å². The zero-order chi connectivity index (χ0) is 18.9. The molecule has 0 spiro atoms. The van der Waals surface area contributed by atoms with Gasteiger partial charge in [0.05, 0.1) is 23.3 Å². The maximum Gasteiger partial charge on any atom is 0.233 e. The van der Waals surface area contributed by atoms with Gasteiger partial charge in [0, 0.05) is 24.4 Å². The first-order valence-corrected chi connectivity index (χ1v) is 10.8. The fourth-order valence-electron chi connectivity index (χ4n) is 3.17. The minimum atomic E-state index is -0.156. The molecule has 2 aromatic rings. The molecule has 2 N–H and O–H groups in total. The summed E-state index contributed by atoms with van der Waals surface area (Å²) in [5.74, 6) is 0.930. The number of anilines is 1. The highest BCUT2D eigenvalue weighted by atomic mass is 32.2. The van der Waals surface area contributed by atoms with Crippen molar-refractivity contribution < 1.29 is 9.53 Å². The third kappa shape index (κ3) is 3.68. The number of ether oxygens (including phenoxy) is 1. The summed E-state index contributed by atoms with van der Waals surface area (Å²) in [7, 11) is 0. The van der Waals surface area contributed by atoms with Crippen LogP contribution in [-0.2, 0) is 22.6 Å². The van der Waals surface area contributed by atoms with Crippen LogP contribution in [0.25, 0.3) is 10.2 Å². The zero-order valence-electron chi connectivity index (χ0n) is 15.8. The molecule has 1 aliphatic heterocycles. The predicted molar refractivity (Wildman–Crippen MR) is 108 cm³/mol. The molecule has 0 saturated carbocycles. The van der Waals surface area contributed by atoms with E-state index in [9.17, 15) is 4.79 Å². The Morgan fingerprint density at radius 2 is 2.08 bits per heavy atom. The lowest BCUT2D eigenvalue weighted by molar-refractivity contribution is -0.127. The minimum absolute atomic E-state index is 0.0971. The topological polar surface area (TPSA) is 81.3 Å². The van der Waals surface area contributed by atoms with Gasteiger partial charge in [-0.25, -0.2) is 9.97 Å². The van der Waals surface area contributed by atoms with Crippen LogP contribution in [0.5, 0.6) is 0 Å². The Kier molecular flexibility index (Phi) is 5.74. The molecule has 2 aromatic heterocycles. The van der Waals surface area contributed by atoms with Gasteiger partial charge in [0.25, 0.3) is 0 Å². The van der Waals surface area contributed by atoms with Gasteiger partial charge < -0.3 is 15.4 Å². The number of carbonyl (C=O) groups is 1. The van der Waals surface area contributed by atoms with Gasteiger partial charge in [0.1, 0.15) is 10.6 Å². The predicted octanol–water partition coefficient (Wildman–Crippen LogP) is 3.48. The Morgan fingerprint density at radius 1 is 1.35 bits per heavy atom. The first-order valence-electron chi connectivity index (χ1n) is 9.03. The minimum Gasteiger partial charge on any atom is -0.383 e. The van der Waals surface area contributed by atoms with Crippen LogP contribution in [0.3, 0.4) is 0 Å². The Balaban J connectivity index is 1.85. The highest BCUT2D eigenvalue weighted by Crippen LogP contribution is 2.41. The van der Waals surface area contributed by atoms with Crippen LogP contribution < -0.4 is 5.73 Å². The Labute approximate surface area is 162 Å². The second kappa shape index (κ2) is 7.70. The van der Waals surface area contributed by atoms with Crippen LogP contribution in [-0.4, -0.2) is 45.2 Å². The summed E-state index contributed by atoms with van der Waals surface area (Å²) >= 11 is 2.97. The van der Waals surface area contributed by atoms with Gasteiger partial charge >= 0.3 is 0 Å². The van der Waals surface area contributed by atoms with E-state index in [1.54, 1.807) is 11.3 Å². The zero-order valence-corrected chi connectivity index (χ0v) is 17.4. The monoisotopic (exact) mass is 394 g/mol. The van der Waals surface area contributed by atoms with Gasteiger partial charge in [0.15, 0.2) is 5.16 Å². The number of aromatic nitrogens is 2. The van der Waals surface area contributed by atoms with E-state index >= 15 is 0 Å². The number of fused-ring (bicyclic) bond motifs is 3. The van der Waals surface area contributed by atoms with Crippen molar-refractivity contribution in [3.63, 3.8) is 0 Å². The van der Waals surface area contributed by atoms with E-state index in [4.69, 9.17) is 10.5 Å². The lowest BCUT2D eigenvalue weighted by Crippen LogP contribution is -2.33. The van der Waals surface area contributed by atoms with Gasteiger partial charge in [-0.1, -0.05) is 18.7 Å². The van der Waals surface area contributed by atoms with Crippen LogP contribution in [0, 0.1) is 0 Å². The summed E-state index contributed by atoms with van der Waals surface area (Å²) < 4.78 is 6.04. The molecule has 8 heteroatoms. The van der Waals surface area contributed by atoms with E-state index in [0.29, 0.717) is 36.4 Å². The van der Waals surface area contributed by atoms with E-state index in [1.807, 2.05) is 18.7 Å². The third-order valence-electron chi connectivity index (χ3n) is 5.03. The third-order valence-corrected chi connectivity index (χ3v) is 6.96. The summed E-state index contributed by atoms with van der Waals surface area (Å²) in [6.45, 7) is 10.3. The van der Waals surface area contributed by atoms with Crippen molar-refractivity contribution in [3.05, 3.63) is 10.4 Å².